The monoisotopic (exact) mass is 292 g/mol. The Kier molecular flexibility index (Phi) is 2.67. The zero-order valence-electron chi connectivity index (χ0n) is 9.03. The minimum atomic E-state index is -0.250. The van der Waals surface area contributed by atoms with Crippen LogP contribution in [0.2, 0.25) is 0 Å². The highest BCUT2D eigenvalue weighted by atomic mass is 79.9. The van der Waals surface area contributed by atoms with Crippen LogP contribution in [0.25, 0.3) is 11.3 Å². The number of nitrogens with zero attached hydrogens (tertiary/aromatic N) is 2. The molecule has 86 valence electrons. The zero-order chi connectivity index (χ0) is 11.8. The summed E-state index contributed by atoms with van der Waals surface area (Å²) in [5.74, 6) is 0.277. The average Bonchev–Trinajstić information content (AvgIpc) is 3.12. The van der Waals surface area contributed by atoms with Crippen molar-refractivity contribution in [2.45, 2.75) is 18.8 Å². The number of rotatable bonds is 2. The highest BCUT2D eigenvalue weighted by Gasteiger charge is 2.26. The summed E-state index contributed by atoms with van der Waals surface area (Å²) in [4.78, 5) is 8.57. The van der Waals surface area contributed by atoms with E-state index in [0.717, 1.165) is 5.69 Å². The molecule has 1 aromatic heterocycles. The van der Waals surface area contributed by atoms with Crippen LogP contribution < -0.4 is 0 Å². The van der Waals surface area contributed by atoms with Crippen molar-refractivity contribution in [3.8, 4) is 11.3 Å². The van der Waals surface area contributed by atoms with Crippen molar-refractivity contribution in [2.75, 3.05) is 0 Å². The smallest absolute Gasteiger partial charge is 0.197 e. The molecule has 1 heterocycles. The molecule has 0 unspecified atom stereocenters. The van der Waals surface area contributed by atoms with Crippen molar-refractivity contribution in [1.29, 1.82) is 0 Å². The second kappa shape index (κ2) is 4.18. The first-order chi connectivity index (χ1) is 8.24. The van der Waals surface area contributed by atoms with Gasteiger partial charge in [-0.25, -0.2) is 14.4 Å². The van der Waals surface area contributed by atoms with E-state index in [1.807, 2.05) is 12.1 Å². The molecule has 17 heavy (non-hydrogen) atoms. The normalized spacial score (nSPS) is 14.9. The highest BCUT2D eigenvalue weighted by molar-refractivity contribution is 9.10. The van der Waals surface area contributed by atoms with E-state index in [-0.39, 0.29) is 5.82 Å². The van der Waals surface area contributed by atoms with Gasteiger partial charge in [0.05, 0.1) is 5.69 Å². The Bertz CT molecular complexity index is 567. The molecule has 0 bridgehead atoms. The maximum Gasteiger partial charge on any atom is 0.197 e. The lowest BCUT2D eigenvalue weighted by Gasteiger charge is -2.05. The van der Waals surface area contributed by atoms with Crippen molar-refractivity contribution < 1.29 is 4.39 Å². The molecule has 2 nitrogen and oxygen atoms in total. The molecule has 3 rings (SSSR count). The average molecular weight is 293 g/mol. The summed E-state index contributed by atoms with van der Waals surface area (Å²) in [7, 11) is 0. The van der Waals surface area contributed by atoms with Crippen LogP contribution in [0, 0.1) is 5.82 Å². The fourth-order valence-corrected chi connectivity index (χ4v) is 2.23. The van der Waals surface area contributed by atoms with Gasteiger partial charge in [-0.2, -0.15) is 0 Å². The van der Waals surface area contributed by atoms with Gasteiger partial charge in [-0.3, -0.25) is 0 Å². The summed E-state index contributed by atoms with van der Waals surface area (Å²) in [6, 6.07) is 8.56. The molecular formula is C13H10BrFN2. The number of halogens is 2. The molecule has 4 heteroatoms. The lowest BCUT2D eigenvalue weighted by Crippen LogP contribution is -1.95. The molecule has 0 amide bonds. The highest BCUT2D eigenvalue weighted by Crippen LogP contribution is 2.40. The van der Waals surface area contributed by atoms with Gasteiger partial charge < -0.3 is 0 Å². The van der Waals surface area contributed by atoms with Crippen LogP contribution in [0.15, 0.2) is 35.1 Å². The van der Waals surface area contributed by atoms with Gasteiger partial charge in [0.15, 0.2) is 4.73 Å². The minimum Gasteiger partial charge on any atom is -0.227 e. The van der Waals surface area contributed by atoms with E-state index >= 15 is 0 Å². The van der Waals surface area contributed by atoms with Crippen molar-refractivity contribution in [3.63, 3.8) is 0 Å². The molecule has 1 aliphatic carbocycles. The van der Waals surface area contributed by atoms with Crippen LogP contribution in [0.5, 0.6) is 0 Å². The van der Waals surface area contributed by atoms with E-state index in [9.17, 15) is 4.39 Å². The van der Waals surface area contributed by atoms with Gasteiger partial charge in [-0.15, -0.1) is 0 Å². The van der Waals surface area contributed by atoms with Crippen molar-refractivity contribution in [1.82, 2.24) is 9.97 Å². The first kappa shape index (κ1) is 10.8. The maximum absolute atomic E-state index is 13.7. The molecule has 0 radical (unpaired) electrons. The van der Waals surface area contributed by atoms with Crippen molar-refractivity contribution >= 4 is 15.9 Å². The summed E-state index contributed by atoms with van der Waals surface area (Å²) in [5.41, 5.74) is 2.18. The molecular weight excluding hydrogens is 283 g/mol. The van der Waals surface area contributed by atoms with Gasteiger partial charge in [-0.05, 0) is 47.0 Å². The van der Waals surface area contributed by atoms with E-state index in [1.165, 1.54) is 18.9 Å². The Hall–Kier alpha value is -1.29. The van der Waals surface area contributed by atoms with E-state index < -0.39 is 0 Å². The summed E-state index contributed by atoms with van der Waals surface area (Å²) in [5, 5.41) is 0. The van der Waals surface area contributed by atoms with E-state index in [1.54, 1.807) is 12.1 Å². The standard InChI is InChI=1S/C13H10BrFN2/c14-13-16-11(8-5-6-8)7-12(17-13)9-3-1-2-4-10(9)15/h1-4,7-8H,5-6H2. The van der Waals surface area contributed by atoms with Gasteiger partial charge in [-0.1, -0.05) is 12.1 Å². The fraction of sp³-hybridized carbons (Fsp3) is 0.231. The van der Waals surface area contributed by atoms with Gasteiger partial charge in [0, 0.05) is 17.2 Å². The second-order valence-electron chi connectivity index (χ2n) is 4.20. The van der Waals surface area contributed by atoms with Gasteiger partial charge in [0.25, 0.3) is 0 Å². The SMILES string of the molecule is Fc1ccccc1-c1cc(C2CC2)nc(Br)n1. The Morgan fingerprint density at radius 1 is 1.18 bits per heavy atom. The predicted molar refractivity (Wildman–Crippen MR) is 67.1 cm³/mol. The Morgan fingerprint density at radius 3 is 2.65 bits per heavy atom. The molecule has 0 spiro atoms. The van der Waals surface area contributed by atoms with Crippen molar-refractivity contribution in [2.24, 2.45) is 0 Å². The largest absolute Gasteiger partial charge is 0.227 e. The molecule has 1 saturated carbocycles. The quantitative estimate of drug-likeness (QED) is 0.784. The van der Waals surface area contributed by atoms with Gasteiger partial charge in [0.1, 0.15) is 5.82 Å². The first-order valence-electron chi connectivity index (χ1n) is 5.53. The third-order valence-electron chi connectivity index (χ3n) is 2.86. The molecule has 0 saturated heterocycles. The molecule has 1 fully saturated rings. The fourth-order valence-electron chi connectivity index (χ4n) is 1.83. The first-order valence-corrected chi connectivity index (χ1v) is 6.33. The number of benzene rings is 1. The molecule has 0 aliphatic heterocycles. The second-order valence-corrected chi connectivity index (χ2v) is 4.91. The molecule has 1 aromatic carbocycles. The number of aromatic nitrogens is 2. The maximum atomic E-state index is 13.7. The summed E-state index contributed by atoms with van der Waals surface area (Å²) >= 11 is 3.29. The molecule has 0 N–H and O–H groups in total. The zero-order valence-corrected chi connectivity index (χ0v) is 10.6. The van der Waals surface area contributed by atoms with Crippen LogP contribution >= 0.6 is 15.9 Å². The predicted octanol–water partition coefficient (Wildman–Crippen LogP) is 3.92. The van der Waals surface area contributed by atoms with Crippen molar-refractivity contribution in [3.05, 3.63) is 46.6 Å². The van der Waals surface area contributed by atoms with E-state index in [2.05, 4.69) is 25.9 Å². The Balaban J connectivity index is 2.11. The summed E-state index contributed by atoms with van der Waals surface area (Å²) < 4.78 is 14.2. The van der Waals surface area contributed by atoms with E-state index in [0.29, 0.717) is 21.9 Å². The third kappa shape index (κ3) is 2.22. The topological polar surface area (TPSA) is 25.8 Å². The third-order valence-corrected chi connectivity index (χ3v) is 3.22. The lowest BCUT2D eigenvalue weighted by molar-refractivity contribution is 0.630. The Morgan fingerprint density at radius 2 is 1.94 bits per heavy atom. The lowest BCUT2D eigenvalue weighted by atomic mass is 10.1. The molecule has 2 aromatic rings. The molecule has 0 atom stereocenters. The van der Waals surface area contributed by atoms with E-state index in [4.69, 9.17) is 0 Å². The van der Waals surface area contributed by atoms with Crippen LogP contribution in [0.3, 0.4) is 0 Å². The Labute approximate surface area is 107 Å². The minimum absolute atomic E-state index is 0.250. The summed E-state index contributed by atoms with van der Waals surface area (Å²) in [6.07, 6.45) is 2.33. The van der Waals surface area contributed by atoms with Gasteiger partial charge >= 0.3 is 0 Å². The molecule has 1 aliphatic rings. The van der Waals surface area contributed by atoms with Crippen LogP contribution in [0.4, 0.5) is 4.39 Å². The summed E-state index contributed by atoms with van der Waals surface area (Å²) in [6.45, 7) is 0. The van der Waals surface area contributed by atoms with Crippen LogP contribution in [-0.2, 0) is 0 Å². The number of hydrogen-bond acceptors (Lipinski definition) is 2. The van der Waals surface area contributed by atoms with Crippen LogP contribution in [-0.4, -0.2) is 9.97 Å². The van der Waals surface area contributed by atoms with Gasteiger partial charge in [0.2, 0.25) is 0 Å². The number of hydrogen-bond donors (Lipinski definition) is 0. The van der Waals surface area contributed by atoms with Crippen LogP contribution in [0.1, 0.15) is 24.5 Å².